The van der Waals surface area contributed by atoms with Gasteiger partial charge >= 0.3 is 5.97 Å². The summed E-state index contributed by atoms with van der Waals surface area (Å²) in [5.74, 6) is -0.135. The Morgan fingerprint density at radius 3 is 2.48 bits per heavy atom. The van der Waals surface area contributed by atoms with E-state index in [1.165, 1.54) is 16.4 Å². The lowest BCUT2D eigenvalue weighted by Gasteiger charge is -2.32. The quantitative estimate of drug-likeness (QED) is 0.760. The molecule has 1 aromatic carbocycles. The summed E-state index contributed by atoms with van der Waals surface area (Å²) in [7, 11) is -3.96. The van der Waals surface area contributed by atoms with Crippen LogP contribution in [0.4, 0.5) is 0 Å². The number of hydrogen-bond donors (Lipinski definition) is 1. The Balaban J connectivity index is 2.01. The molecule has 0 amide bonds. The highest BCUT2D eigenvalue weighted by molar-refractivity contribution is 7.89. The van der Waals surface area contributed by atoms with Crippen LogP contribution in [0.2, 0.25) is 0 Å². The summed E-state index contributed by atoms with van der Waals surface area (Å²) >= 11 is 0. The zero-order chi connectivity index (χ0) is 19.6. The molecule has 1 saturated carbocycles. The van der Waals surface area contributed by atoms with E-state index in [2.05, 4.69) is 0 Å². The van der Waals surface area contributed by atoms with E-state index >= 15 is 0 Å². The molecule has 3 atom stereocenters. The van der Waals surface area contributed by atoms with Crippen LogP contribution in [0.25, 0.3) is 0 Å². The summed E-state index contributed by atoms with van der Waals surface area (Å²) in [4.78, 5) is 11.8. The lowest BCUT2D eigenvalue weighted by atomic mass is 9.85. The molecule has 0 spiro atoms. The summed E-state index contributed by atoms with van der Waals surface area (Å²) in [6.07, 6.45) is 3.93. The van der Waals surface area contributed by atoms with Crippen LogP contribution >= 0.6 is 0 Å². The molecule has 1 aromatic rings. The van der Waals surface area contributed by atoms with Crippen molar-refractivity contribution in [3.8, 4) is 11.5 Å². The summed E-state index contributed by atoms with van der Waals surface area (Å²) < 4.78 is 39.1. The smallest absolute Gasteiger partial charge is 0.322 e. The minimum atomic E-state index is -3.96. The molecular formula is C19H27NO6S. The number of hydrogen-bond acceptors (Lipinski definition) is 5. The van der Waals surface area contributed by atoms with Crippen molar-refractivity contribution >= 4 is 16.0 Å². The van der Waals surface area contributed by atoms with E-state index in [0.717, 1.165) is 19.3 Å². The van der Waals surface area contributed by atoms with Crippen LogP contribution in [-0.2, 0) is 14.8 Å². The molecule has 7 nitrogen and oxygen atoms in total. The largest absolute Gasteiger partial charge is 0.490 e. The predicted molar refractivity (Wildman–Crippen MR) is 99.6 cm³/mol. The van der Waals surface area contributed by atoms with Gasteiger partial charge in [-0.2, -0.15) is 4.31 Å². The Labute approximate surface area is 160 Å². The summed E-state index contributed by atoms with van der Waals surface area (Å²) in [6, 6.07) is 3.24. The number of benzene rings is 1. The molecular weight excluding hydrogens is 370 g/mol. The van der Waals surface area contributed by atoms with Crippen molar-refractivity contribution in [1.82, 2.24) is 4.31 Å². The van der Waals surface area contributed by atoms with Gasteiger partial charge in [0.2, 0.25) is 10.0 Å². The van der Waals surface area contributed by atoms with E-state index in [1.807, 2.05) is 13.8 Å². The van der Waals surface area contributed by atoms with Gasteiger partial charge in [-0.05, 0) is 51.2 Å². The monoisotopic (exact) mass is 397 g/mol. The first-order valence-electron chi connectivity index (χ1n) is 9.56. The normalized spacial score (nSPS) is 25.8. The van der Waals surface area contributed by atoms with Crippen LogP contribution in [0, 0.1) is 5.92 Å². The van der Waals surface area contributed by atoms with Crippen molar-refractivity contribution in [1.29, 1.82) is 0 Å². The first kappa shape index (κ1) is 19.9. The zero-order valence-corrected chi connectivity index (χ0v) is 16.6. The third-order valence-electron chi connectivity index (χ3n) is 5.40. The van der Waals surface area contributed by atoms with Gasteiger partial charge in [-0.1, -0.05) is 12.8 Å². The number of carboxylic acid groups (broad SMARTS) is 1. The summed E-state index contributed by atoms with van der Waals surface area (Å²) in [5, 5.41) is 9.64. The van der Waals surface area contributed by atoms with Crippen molar-refractivity contribution in [3.63, 3.8) is 0 Å². The van der Waals surface area contributed by atoms with E-state index in [-0.39, 0.29) is 16.9 Å². The molecule has 1 N–H and O–H groups in total. The van der Waals surface area contributed by atoms with Gasteiger partial charge in [-0.15, -0.1) is 0 Å². The van der Waals surface area contributed by atoms with Gasteiger partial charge in [0, 0.05) is 12.1 Å². The molecule has 0 bridgehead atoms. The number of rotatable bonds is 7. The molecule has 3 unspecified atom stereocenters. The molecule has 0 aromatic heterocycles. The SMILES string of the molecule is CCOc1ccc(S(=O)(=O)N2C(C(=O)O)CC3CCCCC32)cc1OCC. The van der Waals surface area contributed by atoms with Gasteiger partial charge in [0.1, 0.15) is 6.04 Å². The highest BCUT2D eigenvalue weighted by Crippen LogP contribution is 2.43. The Bertz CT molecular complexity index is 793. The van der Waals surface area contributed by atoms with Crippen molar-refractivity contribution in [2.45, 2.75) is 62.9 Å². The number of carbonyl (C=O) groups is 1. The fourth-order valence-electron chi connectivity index (χ4n) is 4.29. The highest BCUT2D eigenvalue weighted by atomic mass is 32.2. The number of fused-ring (bicyclic) bond motifs is 1. The molecule has 2 fully saturated rings. The Hall–Kier alpha value is -1.80. The van der Waals surface area contributed by atoms with Crippen LogP contribution in [0.3, 0.4) is 0 Å². The highest BCUT2D eigenvalue weighted by Gasteiger charge is 2.51. The predicted octanol–water partition coefficient (Wildman–Crippen LogP) is 2.89. The molecule has 0 radical (unpaired) electrons. The van der Waals surface area contributed by atoms with Crippen LogP contribution in [0.15, 0.2) is 23.1 Å². The van der Waals surface area contributed by atoms with Crippen LogP contribution in [0.5, 0.6) is 11.5 Å². The fraction of sp³-hybridized carbons (Fsp3) is 0.632. The maximum absolute atomic E-state index is 13.4. The van der Waals surface area contributed by atoms with E-state index in [1.54, 1.807) is 6.07 Å². The van der Waals surface area contributed by atoms with E-state index < -0.39 is 22.0 Å². The topological polar surface area (TPSA) is 93.1 Å². The minimum absolute atomic E-state index is 0.0480. The average Bonchev–Trinajstić information content (AvgIpc) is 3.04. The first-order valence-corrected chi connectivity index (χ1v) is 11.0. The average molecular weight is 397 g/mol. The van der Waals surface area contributed by atoms with E-state index in [0.29, 0.717) is 37.6 Å². The van der Waals surface area contributed by atoms with Gasteiger partial charge in [-0.25, -0.2) is 8.42 Å². The summed E-state index contributed by atoms with van der Waals surface area (Å²) in [5.41, 5.74) is 0. The van der Waals surface area contributed by atoms with E-state index in [4.69, 9.17) is 9.47 Å². The number of aliphatic carboxylic acids is 1. The first-order chi connectivity index (χ1) is 12.9. The van der Waals surface area contributed by atoms with E-state index in [9.17, 15) is 18.3 Å². The third-order valence-corrected chi connectivity index (χ3v) is 7.33. The zero-order valence-electron chi connectivity index (χ0n) is 15.8. The van der Waals surface area contributed by atoms with Gasteiger partial charge < -0.3 is 14.6 Å². The van der Waals surface area contributed by atoms with Gasteiger partial charge in [-0.3, -0.25) is 4.79 Å². The van der Waals surface area contributed by atoms with Gasteiger partial charge in [0.25, 0.3) is 0 Å². The van der Waals surface area contributed by atoms with Crippen molar-refractivity contribution in [2.75, 3.05) is 13.2 Å². The van der Waals surface area contributed by atoms with Crippen molar-refractivity contribution < 1.29 is 27.8 Å². The maximum Gasteiger partial charge on any atom is 0.322 e. The van der Waals surface area contributed by atoms with Crippen molar-refractivity contribution in [2.24, 2.45) is 5.92 Å². The maximum atomic E-state index is 13.4. The number of carboxylic acids is 1. The number of nitrogens with zero attached hydrogens (tertiary/aromatic N) is 1. The molecule has 2 aliphatic rings. The van der Waals surface area contributed by atoms with Crippen molar-refractivity contribution in [3.05, 3.63) is 18.2 Å². The molecule has 27 heavy (non-hydrogen) atoms. The number of ether oxygens (including phenoxy) is 2. The lowest BCUT2D eigenvalue weighted by molar-refractivity contribution is -0.141. The molecule has 3 rings (SSSR count). The Morgan fingerprint density at radius 2 is 1.81 bits per heavy atom. The molecule has 1 aliphatic heterocycles. The molecule has 1 heterocycles. The van der Waals surface area contributed by atoms with Crippen LogP contribution in [0.1, 0.15) is 46.0 Å². The number of sulfonamides is 1. The summed E-state index contributed by atoms with van der Waals surface area (Å²) in [6.45, 7) is 4.45. The molecule has 1 saturated heterocycles. The van der Waals surface area contributed by atoms with Gasteiger partial charge in [0.05, 0.1) is 18.1 Å². The van der Waals surface area contributed by atoms with Crippen LogP contribution in [-0.4, -0.2) is 49.1 Å². The molecule has 150 valence electrons. The Morgan fingerprint density at radius 1 is 1.15 bits per heavy atom. The van der Waals surface area contributed by atoms with Gasteiger partial charge in [0.15, 0.2) is 11.5 Å². The second-order valence-corrected chi connectivity index (χ2v) is 8.85. The lowest BCUT2D eigenvalue weighted by Crippen LogP contribution is -2.46. The fourth-order valence-corrected chi connectivity index (χ4v) is 6.17. The molecule has 8 heteroatoms. The Kier molecular flexibility index (Phi) is 5.95. The minimum Gasteiger partial charge on any atom is -0.490 e. The molecule has 1 aliphatic carbocycles. The second kappa shape index (κ2) is 8.06. The third kappa shape index (κ3) is 3.78. The standard InChI is InChI=1S/C19H27NO6S/c1-3-25-17-10-9-14(12-18(17)26-4-2)27(23,24)20-15-8-6-5-7-13(15)11-16(20)19(21)22/h9-10,12-13,15-16H,3-8,11H2,1-2H3,(H,21,22). The van der Waals surface area contributed by atoms with Crippen LogP contribution < -0.4 is 9.47 Å². The second-order valence-electron chi connectivity index (χ2n) is 7.01.